The van der Waals surface area contributed by atoms with E-state index < -0.39 is 5.97 Å². The molecule has 90 valence electrons. The Morgan fingerprint density at radius 1 is 1.47 bits per heavy atom. The van der Waals surface area contributed by atoms with Gasteiger partial charge in [-0.05, 0) is 32.9 Å². The zero-order valence-electron chi connectivity index (χ0n) is 10.0. The molecule has 2 aromatic heterocycles. The maximum atomic E-state index is 11.1. The molecule has 0 aliphatic heterocycles. The van der Waals surface area contributed by atoms with Gasteiger partial charge in [-0.15, -0.1) is 11.3 Å². The molecule has 0 spiro atoms. The van der Waals surface area contributed by atoms with Crippen LogP contribution in [0.25, 0.3) is 11.3 Å². The van der Waals surface area contributed by atoms with Gasteiger partial charge >= 0.3 is 5.97 Å². The van der Waals surface area contributed by atoms with Gasteiger partial charge in [-0.2, -0.15) is 5.10 Å². The summed E-state index contributed by atoms with van der Waals surface area (Å²) in [6.45, 7) is 6.51. The zero-order chi connectivity index (χ0) is 12.6. The molecule has 0 atom stereocenters. The number of thiophene rings is 1. The lowest BCUT2D eigenvalue weighted by atomic mass is 10.2. The Labute approximate surface area is 104 Å². The maximum Gasteiger partial charge on any atom is 0.354 e. The van der Waals surface area contributed by atoms with Crippen molar-refractivity contribution in [2.45, 2.75) is 27.3 Å². The Morgan fingerprint density at radius 2 is 2.18 bits per heavy atom. The Morgan fingerprint density at radius 3 is 2.59 bits per heavy atom. The maximum absolute atomic E-state index is 11.1. The summed E-state index contributed by atoms with van der Waals surface area (Å²) in [5, 5.41) is 13.4. The Hall–Kier alpha value is -1.62. The van der Waals surface area contributed by atoms with Gasteiger partial charge in [0, 0.05) is 21.9 Å². The minimum Gasteiger partial charge on any atom is -0.477 e. The molecule has 0 aliphatic rings. The van der Waals surface area contributed by atoms with Gasteiger partial charge in [-0.3, -0.25) is 4.68 Å². The van der Waals surface area contributed by atoms with Crippen molar-refractivity contribution in [1.29, 1.82) is 0 Å². The fraction of sp³-hybridized carbons (Fsp3) is 0.333. The van der Waals surface area contributed by atoms with E-state index in [1.54, 1.807) is 17.4 Å². The molecular weight excluding hydrogens is 236 g/mol. The van der Waals surface area contributed by atoms with Crippen molar-refractivity contribution in [3.63, 3.8) is 0 Å². The summed E-state index contributed by atoms with van der Waals surface area (Å²) in [4.78, 5) is 13.4. The van der Waals surface area contributed by atoms with Gasteiger partial charge in [0.25, 0.3) is 0 Å². The Kier molecular flexibility index (Phi) is 3.02. The van der Waals surface area contributed by atoms with Crippen LogP contribution < -0.4 is 0 Å². The number of carbonyl (C=O) groups is 1. The van der Waals surface area contributed by atoms with Crippen LogP contribution in [0.5, 0.6) is 0 Å². The molecule has 0 aliphatic carbocycles. The SMILES string of the molecule is CCn1nc(-c2cc(C)sc2C)cc1C(=O)O. The quantitative estimate of drug-likeness (QED) is 0.911. The van der Waals surface area contributed by atoms with Crippen molar-refractivity contribution < 1.29 is 9.90 Å². The lowest BCUT2D eigenvalue weighted by Crippen LogP contribution is -2.07. The lowest BCUT2D eigenvalue weighted by Gasteiger charge is -1.97. The molecule has 0 radical (unpaired) electrons. The number of nitrogens with zero attached hydrogens (tertiary/aromatic N) is 2. The van der Waals surface area contributed by atoms with Crippen LogP contribution in [0.2, 0.25) is 0 Å². The Balaban J connectivity index is 2.53. The van der Waals surface area contributed by atoms with Crippen LogP contribution in [0.1, 0.15) is 27.2 Å². The summed E-state index contributed by atoms with van der Waals surface area (Å²) in [6.07, 6.45) is 0. The Bertz CT molecular complexity index is 569. The first-order valence-corrected chi connectivity index (χ1v) is 6.23. The molecule has 0 saturated heterocycles. The molecule has 0 saturated carbocycles. The van der Waals surface area contributed by atoms with Crippen LogP contribution in [-0.4, -0.2) is 20.9 Å². The third-order valence-electron chi connectivity index (χ3n) is 2.62. The first kappa shape index (κ1) is 11.9. The number of carboxylic acids is 1. The van der Waals surface area contributed by atoms with Crippen LogP contribution >= 0.6 is 11.3 Å². The standard InChI is InChI=1S/C12H14N2O2S/c1-4-14-11(12(15)16)6-10(13-14)9-5-7(2)17-8(9)3/h5-6H,4H2,1-3H3,(H,15,16). The van der Waals surface area contributed by atoms with Gasteiger partial charge in [-0.25, -0.2) is 4.79 Å². The van der Waals surface area contributed by atoms with Gasteiger partial charge < -0.3 is 5.11 Å². The number of aryl methyl sites for hydroxylation is 3. The van der Waals surface area contributed by atoms with Crippen molar-refractivity contribution in [3.05, 3.63) is 27.6 Å². The van der Waals surface area contributed by atoms with Crippen molar-refractivity contribution in [2.75, 3.05) is 0 Å². The number of hydrogen-bond donors (Lipinski definition) is 1. The first-order chi connectivity index (χ1) is 8.02. The summed E-state index contributed by atoms with van der Waals surface area (Å²) < 4.78 is 1.52. The van der Waals surface area contributed by atoms with Gasteiger partial charge in [0.15, 0.2) is 0 Å². The zero-order valence-corrected chi connectivity index (χ0v) is 10.8. The van der Waals surface area contributed by atoms with E-state index in [1.165, 1.54) is 14.4 Å². The smallest absolute Gasteiger partial charge is 0.354 e. The molecule has 17 heavy (non-hydrogen) atoms. The van der Waals surface area contributed by atoms with Crippen molar-refractivity contribution in [2.24, 2.45) is 0 Å². The van der Waals surface area contributed by atoms with Crippen molar-refractivity contribution >= 4 is 17.3 Å². The summed E-state index contributed by atoms with van der Waals surface area (Å²) in [5.41, 5.74) is 2.01. The van der Waals surface area contributed by atoms with Crippen LogP contribution in [0.4, 0.5) is 0 Å². The van der Waals surface area contributed by atoms with Gasteiger partial charge in [0.05, 0.1) is 5.69 Å². The van der Waals surface area contributed by atoms with E-state index in [-0.39, 0.29) is 5.69 Å². The van der Waals surface area contributed by atoms with Crippen LogP contribution in [0, 0.1) is 13.8 Å². The van der Waals surface area contributed by atoms with Gasteiger partial charge in [0.1, 0.15) is 5.69 Å². The molecule has 2 heterocycles. The summed E-state index contributed by atoms with van der Waals surface area (Å²) in [6, 6.07) is 3.69. The van der Waals surface area contributed by atoms with Crippen LogP contribution in [0.15, 0.2) is 12.1 Å². The topological polar surface area (TPSA) is 55.1 Å². The fourth-order valence-corrected chi connectivity index (χ4v) is 2.78. The summed E-state index contributed by atoms with van der Waals surface area (Å²) in [7, 11) is 0. The molecule has 0 unspecified atom stereocenters. The molecule has 5 heteroatoms. The van der Waals surface area contributed by atoms with E-state index >= 15 is 0 Å². The van der Waals surface area contributed by atoms with Crippen molar-refractivity contribution in [1.82, 2.24) is 9.78 Å². The molecule has 4 nitrogen and oxygen atoms in total. The molecule has 2 aromatic rings. The molecule has 0 aromatic carbocycles. The second kappa shape index (κ2) is 4.33. The highest BCUT2D eigenvalue weighted by molar-refractivity contribution is 7.12. The highest BCUT2D eigenvalue weighted by Crippen LogP contribution is 2.30. The predicted molar refractivity (Wildman–Crippen MR) is 67.6 cm³/mol. The van der Waals surface area contributed by atoms with E-state index in [9.17, 15) is 4.79 Å². The van der Waals surface area contributed by atoms with Gasteiger partial charge in [0.2, 0.25) is 0 Å². The first-order valence-electron chi connectivity index (χ1n) is 5.41. The van der Waals surface area contributed by atoms with E-state index in [2.05, 4.69) is 5.10 Å². The minimum absolute atomic E-state index is 0.241. The normalized spacial score (nSPS) is 10.8. The van der Waals surface area contributed by atoms with E-state index in [4.69, 9.17) is 5.11 Å². The summed E-state index contributed by atoms with van der Waals surface area (Å²) in [5.74, 6) is -0.935. The fourth-order valence-electron chi connectivity index (χ4n) is 1.85. The number of carboxylic acid groups (broad SMARTS) is 1. The van der Waals surface area contributed by atoms with E-state index in [0.717, 1.165) is 11.3 Å². The van der Waals surface area contributed by atoms with E-state index in [0.29, 0.717) is 6.54 Å². The monoisotopic (exact) mass is 250 g/mol. The van der Waals surface area contributed by atoms with Crippen LogP contribution in [-0.2, 0) is 6.54 Å². The van der Waals surface area contributed by atoms with Crippen molar-refractivity contribution in [3.8, 4) is 11.3 Å². The van der Waals surface area contributed by atoms with E-state index in [1.807, 2.05) is 26.8 Å². The molecular formula is C12H14N2O2S. The highest BCUT2D eigenvalue weighted by Gasteiger charge is 2.16. The second-order valence-electron chi connectivity index (χ2n) is 3.86. The summed E-state index contributed by atoms with van der Waals surface area (Å²) >= 11 is 1.70. The number of aromatic carboxylic acids is 1. The van der Waals surface area contributed by atoms with Gasteiger partial charge in [-0.1, -0.05) is 0 Å². The second-order valence-corrected chi connectivity index (χ2v) is 5.32. The lowest BCUT2D eigenvalue weighted by molar-refractivity contribution is 0.0683. The average Bonchev–Trinajstić information content (AvgIpc) is 2.81. The molecule has 1 N–H and O–H groups in total. The molecule has 0 amide bonds. The largest absolute Gasteiger partial charge is 0.477 e. The molecule has 0 bridgehead atoms. The number of rotatable bonds is 3. The third kappa shape index (κ3) is 2.10. The third-order valence-corrected chi connectivity index (χ3v) is 3.58. The minimum atomic E-state index is -0.935. The number of aromatic nitrogens is 2. The number of hydrogen-bond acceptors (Lipinski definition) is 3. The predicted octanol–water partition coefficient (Wildman–Crippen LogP) is 2.95. The highest BCUT2D eigenvalue weighted by atomic mass is 32.1. The van der Waals surface area contributed by atoms with Crippen LogP contribution in [0.3, 0.4) is 0 Å². The average molecular weight is 250 g/mol. The molecule has 2 rings (SSSR count). The molecule has 0 fully saturated rings.